The zero-order chi connectivity index (χ0) is 49.3. The minimum Gasteiger partial charge on any atom is -0.465 e. The average Bonchev–Trinajstić information content (AvgIpc) is 3.35. The van der Waals surface area contributed by atoms with Crippen molar-refractivity contribution < 1.29 is 39.1 Å². The van der Waals surface area contributed by atoms with Crippen molar-refractivity contribution in [2.45, 2.75) is 223 Å². The summed E-state index contributed by atoms with van der Waals surface area (Å²) in [6.45, 7) is 16.2. The summed E-state index contributed by atoms with van der Waals surface area (Å²) in [6.07, 6.45) is 22.9. The zero-order valence-electron chi connectivity index (χ0n) is 44.2. The van der Waals surface area contributed by atoms with Gasteiger partial charge in [-0.25, -0.2) is 0 Å². The number of carbonyl (C=O) groups is 2. The molecule has 0 bridgehead atoms. The van der Waals surface area contributed by atoms with Gasteiger partial charge in [-0.15, -0.1) is 0 Å². The minimum absolute atomic E-state index is 0.0905. The lowest BCUT2D eigenvalue weighted by Gasteiger charge is -2.44. The summed E-state index contributed by atoms with van der Waals surface area (Å²) in [5.74, 6) is -0.879. The third-order valence-corrected chi connectivity index (χ3v) is 17.4. The van der Waals surface area contributed by atoms with Crippen molar-refractivity contribution in [1.29, 1.82) is 0 Å². The van der Waals surface area contributed by atoms with Gasteiger partial charge in [0.05, 0.1) is 44.0 Å². The number of esters is 1. The van der Waals surface area contributed by atoms with Gasteiger partial charge < -0.3 is 54.4 Å². The fourth-order valence-electron chi connectivity index (χ4n) is 13.0. The third kappa shape index (κ3) is 17.7. The molecule has 13 heteroatoms. The first-order chi connectivity index (χ1) is 33.3. The number of nitrogens with one attached hydrogen (secondary N) is 1. The quantitative estimate of drug-likeness (QED) is 0.110. The second kappa shape index (κ2) is 29.2. The van der Waals surface area contributed by atoms with Crippen LogP contribution in [0.25, 0.3) is 0 Å². The van der Waals surface area contributed by atoms with Crippen LogP contribution in [0.2, 0.25) is 0 Å². The van der Waals surface area contributed by atoms with Gasteiger partial charge in [-0.05, 0) is 194 Å². The van der Waals surface area contributed by atoms with Crippen LogP contribution in [0.15, 0.2) is 23.8 Å². The van der Waals surface area contributed by atoms with Gasteiger partial charge in [-0.2, -0.15) is 0 Å². The Bertz CT molecular complexity index is 1560. The number of nitrogens with zero attached hydrogens (tertiary/aromatic N) is 4. The highest BCUT2D eigenvalue weighted by Crippen LogP contribution is 2.36. The van der Waals surface area contributed by atoms with Crippen LogP contribution >= 0.6 is 0 Å². The first kappa shape index (κ1) is 56.5. The van der Waals surface area contributed by atoms with Gasteiger partial charge in [-0.3, -0.25) is 9.59 Å². The van der Waals surface area contributed by atoms with Gasteiger partial charge in [0.1, 0.15) is 6.10 Å². The number of carbonyl (C=O) groups excluding carboxylic acids is 2. The van der Waals surface area contributed by atoms with Crippen molar-refractivity contribution >= 4 is 11.8 Å². The van der Waals surface area contributed by atoms with E-state index < -0.39 is 36.7 Å². The van der Waals surface area contributed by atoms with Crippen LogP contribution in [0.1, 0.15) is 163 Å². The van der Waals surface area contributed by atoms with Gasteiger partial charge >= 0.3 is 5.97 Å². The van der Waals surface area contributed by atoms with E-state index in [9.17, 15) is 24.9 Å². The number of piperidine rings is 3. The predicted molar refractivity (Wildman–Crippen MR) is 275 cm³/mol. The van der Waals surface area contributed by atoms with E-state index in [2.05, 4.69) is 52.9 Å². The second-order valence-electron chi connectivity index (χ2n) is 23.0. The van der Waals surface area contributed by atoms with Crippen LogP contribution in [0.5, 0.6) is 0 Å². The van der Waals surface area contributed by atoms with Crippen LogP contribution in [-0.4, -0.2) is 181 Å². The van der Waals surface area contributed by atoms with E-state index >= 15 is 0 Å². The lowest BCUT2D eigenvalue weighted by atomic mass is 9.75. The van der Waals surface area contributed by atoms with Crippen molar-refractivity contribution in [3.63, 3.8) is 0 Å². The Kier molecular flexibility index (Phi) is 23.9. The molecule has 6 rings (SSSR count). The monoisotopic (exact) mass is 970 g/mol. The minimum atomic E-state index is -1.06. The molecule has 1 aliphatic carbocycles. The first-order valence-corrected chi connectivity index (χ1v) is 28.3. The molecule has 0 aromatic heterocycles. The van der Waals surface area contributed by atoms with Gasteiger partial charge in [0, 0.05) is 42.5 Å². The van der Waals surface area contributed by atoms with E-state index in [1.807, 2.05) is 25.1 Å². The summed E-state index contributed by atoms with van der Waals surface area (Å²) in [5, 5.41) is 38.7. The average molecular weight is 970 g/mol. The summed E-state index contributed by atoms with van der Waals surface area (Å²) in [7, 11) is 3.68. The van der Waals surface area contributed by atoms with Gasteiger partial charge in [0.15, 0.2) is 12.1 Å². The highest BCUT2D eigenvalue weighted by atomic mass is 16.7. The molecule has 5 fully saturated rings. The second-order valence-corrected chi connectivity index (χ2v) is 23.0. The Labute approximate surface area is 418 Å². The van der Waals surface area contributed by atoms with E-state index in [1.165, 1.54) is 64.2 Å². The highest BCUT2D eigenvalue weighted by molar-refractivity contribution is 5.92. The number of allylic oxidation sites excluding steroid dienone is 2. The standard InChI is InChI=1S/C56H99N5O8/c1-40(59-26-13-8-14-27-59)33-44-21-24-50(62)47(34-41(2)60-28-15-9-16-29-60)23-22-46(25-32-67-56-55(66)53(58(5)6)54(65)43(4)69-56)49(35-42(3)61-30-17-10-18-31-61)51(63)37-52(64)68-39-45(36-44)38-57-48-19-11-7-12-20-48/h21,24,36,40-43,45-49,51,53-57,63,65-66H,7-20,22-23,25-35,37-39H2,1-6H3/t40?,41?,42?,43-,45?,46?,47?,49?,51?,53+,54-,55-,56-/m1/s1. The van der Waals surface area contributed by atoms with Crippen LogP contribution in [0.4, 0.5) is 0 Å². The molecule has 0 radical (unpaired) electrons. The molecule has 396 valence electrons. The fraction of sp³-hybridized carbons (Fsp3) is 0.893. The molecule has 0 amide bonds. The number of ketones is 1. The van der Waals surface area contributed by atoms with E-state index in [-0.39, 0.29) is 67.1 Å². The molecule has 0 spiro atoms. The molecule has 4 saturated heterocycles. The molecule has 4 N–H and O–H groups in total. The number of aliphatic hydroxyl groups excluding tert-OH is 3. The van der Waals surface area contributed by atoms with Crippen LogP contribution in [0, 0.1) is 23.7 Å². The van der Waals surface area contributed by atoms with Gasteiger partial charge in [0.25, 0.3) is 0 Å². The van der Waals surface area contributed by atoms with Crippen molar-refractivity contribution in [3.05, 3.63) is 23.8 Å². The predicted octanol–water partition coefficient (Wildman–Crippen LogP) is 7.11. The molecule has 0 aromatic carbocycles. The molecule has 6 aliphatic rings. The van der Waals surface area contributed by atoms with Crippen molar-refractivity contribution in [2.24, 2.45) is 23.7 Å². The number of aliphatic hydroxyl groups is 3. The van der Waals surface area contributed by atoms with Crippen molar-refractivity contribution in [1.82, 2.24) is 24.9 Å². The largest absolute Gasteiger partial charge is 0.465 e. The van der Waals surface area contributed by atoms with E-state index in [4.69, 9.17) is 14.2 Å². The SMILES string of the molecule is CC(CC1=CC(CNC2CCCCC2)COC(=O)CC(O)C(CC(C)N2CCCCC2)C(CCO[C@@H]2O[C@H](C)[C@@H](O)[C@H](N(C)C)[C@H]2O)CCC(CC(C)N2CCCCC2)C(=O)C=C1)N1CCCCC1. The number of hydrogen-bond acceptors (Lipinski definition) is 13. The number of likely N-dealkylation sites (tertiary alicyclic amines) is 3. The number of hydrogen-bond donors (Lipinski definition) is 4. The van der Waals surface area contributed by atoms with Gasteiger partial charge in [-0.1, -0.05) is 50.7 Å². The highest BCUT2D eigenvalue weighted by Gasteiger charge is 2.45. The lowest BCUT2D eigenvalue weighted by molar-refractivity contribution is -0.281. The van der Waals surface area contributed by atoms with Crippen molar-refractivity contribution in [3.8, 4) is 0 Å². The van der Waals surface area contributed by atoms with Crippen LogP contribution in [0.3, 0.4) is 0 Å². The lowest BCUT2D eigenvalue weighted by Crippen LogP contribution is -2.62. The molecule has 5 heterocycles. The maximum Gasteiger partial charge on any atom is 0.308 e. The van der Waals surface area contributed by atoms with Crippen LogP contribution in [-0.2, 0) is 23.8 Å². The molecule has 8 unspecified atom stereocenters. The molecular weight excluding hydrogens is 871 g/mol. The summed E-state index contributed by atoms with van der Waals surface area (Å²) >= 11 is 0. The summed E-state index contributed by atoms with van der Waals surface area (Å²) in [4.78, 5) is 38.6. The molecule has 69 heavy (non-hydrogen) atoms. The van der Waals surface area contributed by atoms with E-state index in [0.29, 0.717) is 44.3 Å². The summed E-state index contributed by atoms with van der Waals surface area (Å²) in [6, 6.07) is 0.649. The Hall–Kier alpha value is -1.78. The Morgan fingerprint density at radius 2 is 1.32 bits per heavy atom. The summed E-state index contributed by atoms with van der Waals surface area (Å²) < 4.78 is 18.7. The molecule has 5 aliphatic heterocycles. The van der Waals surface area contributed by atoms with E-state index in [0.717, 1.165) is 83.4 Å². The smallest absolute Gasteiger partial charge is 0.308 e. The maximum absolute atomic E-state index is 15.0. The molecule has 1 saturated carbocycles. The molecule has 13 atom stereocenters. The Balaban J connectivity index is 1.32. The molecule has 0 aromatic rings. The normalized spacial score (nSPS) is 34.6. The van der Waals surface area contributed by atoms with E-state index in [1.54, 1.807) is 6.92 Å². The van der Waals surface area contributed by atoms with Crippen molar-refractivity contribution in [2.75, 3.05) is 73.1 Å². The number of rotatable bonds is 17. The topological polar surface area (TPSA) is 148 Å². The van der Waals surface area contributed by atoms with Crippen LogP contribution < -0.4 is 5.32 Å². The fourth-order valence-corrected chi connectivity index (χ4v) is 13.0. The summed E-state index contributed by atoms with van der Waals surface area (Å²) in [5.41, 5.74) is 1.12. The van der Waals surface area contributed by atoms with Gasteiger partial charge in [0.2, 0.25) is 0 Å². The number of ether oxygens (including phenoxy) is 3. The zero-order valence-corrected chi connectivity index (χ0v) is 44.2. The number of likely N-dealkylation sites (N-methyl/N-ethyl adjacent to an activating group) is 1. The first-order valence-electron chi connectivity index (χ1n) is 28.3. The Morgan fingerprint density at radius 3 is 1.93 bits per heavy atom. The number of cyclic esters (lactones) is 1. The third-order valence-electron chi connectivity index (χ3n) is 17.4. The Morgan fingerprint density at radius 1 is 0.739 bits per heavy atom. The molecule has 13 nitrogen and oxygen atoms in total. The maximum atomic E-state index is 15.0. The molecular formula is C56H99N5O8.